The largest absolute Gasteiger partial charge is 0.393 e. The average molecular weight is 306 g/mol. The highest BCUT2D eigenvalue weighted by atomic mass is 15.1. The summed E-state index contributed by atoms with van der Waals surface area (Å²) in [5.74, 6) is 1.13. The SMILES string of the molecule is Cc1ccc(C)c(Nc2ncnc(Nc3ccncc3)c2N)c1. The standard InChI is InChI=1S/C17H18N6/c1-11-3-4-12(2)14(9-11)23-17-15(18)16(20-10-21-17)22-13-5-7-19-8-6-13/h3-10H,18H2,1-2H3,(H2,19,20,21,22,23). The van der Waals surface area contributed by atoms with Crippen molar-refractivity contribution >= 4 is 28.7 Å². The van der Waals surface area contributed by atoms with Gasteiger partial charge in [0.15, 0.2) is 11.6 Å². The van der Waals surface area contributed by atoms with Crippen LogP contribution in [0.4, 0.5) is 28.7 Å². The van der Waals surface area contributed by atoms with Crippen LogP contribution in [-0.2, 0) is 0 Å². The molecule has 3 rings (SSSR count). The maximum absolute atomic E-state index is 6.20. The predicted molar refractivity (Wildman–Crippen MR) is 93.2 cm³/mol. The van der Waals surface area contributed by atoms with Gasteiger partial charge in [-0.1, -0.05) is 12.1 Å². The molecule has 3 aromatic rings. The highest BCUT2D eigenvalue weighted by molar-refractivity contribution is 5.80. The minimum atomic E-state index is 0.463. The van der Waals surface area contributed by atoms with Gasteiger partial charge in [-0.25, -0.2) is 9.97 Å². The molecule has 0 fully saturated rings. The Kier molecular flexibility index (Phi) is 4.05. The quantitative estimate of drug-likeness (QED) is 0.683. The molecule has 0 unspecified atom stereocenters. The van der Waals surface area contributed by atoms with E-state index in [1.165, 1.54) is 11.9 Å². The van der Waals surface area contributed by atoms with E-state index in [1.807, 2.05) is 26.0 Å². The van der Waals surface area contributed by atoms with Crippen molar-refractivity contribution in [1.82, 2.24) is 15.0 Å². The van der Waals surface area contributed by atoms with Crippen molar-refractivity contribution in [3.63, 3.8) is 0 Å². The molecule has 0 aliphatic carbocycles. The Morgan fingerprint density at radius 1 is 0.913 bits per heavy atom. The predicted octanol–water partition coefficient (Wildman–Crippen LogP) is 3.56. The lowest BCUT2D eigenvalue weighted by atomic mass is 10.1. The van der Waals surface area contributed by atoms with Crippen LogP contribution >= 0.6 is 0 Å². The van der Waals surface area contributed by atoms with Crippen molar-refractivity contribution in [3.05, 3.63) is 60.2 Å². The number of rotatable bonds is 4. The number of aromatic nitrogens is 3. The summed E-state index contributed by atoms with van der Waals surface area (Å²) >= 11 is 0. The smallest absolute Gasteiger partial charge is 0.159 e. The first kappa shape index (κ1) is 14.8. The fourth-order valence-corrected chi connectivity index (χ4v) is 2.16. The van der Waals surface area contributed by atoms with Gasteiger partial charge in [0.1, 0.15) is 12.0 Å². The molecule has 0 saturated carbocycles. The fourth-order valence-electron chi connectivity index (χ4n) is 2.16. The van der Waals surface area contributed by atoms with Crippen molar-refractivity contribution in [1.29, 1.82) is 0 Å². The number of benzene rings is 1. The van der Waals surface area contributed by atoms with E-state index in [0.717, 1.165) is 16.9 Å². The van der Waals surface area contributed by atoms with Gasteiger partial charge < -0.3 is 16.4 Å². The van der Waals surface area contributed by atoms with Gasteiger partial charge in [0.2, 0.25) is 0 Å². The third kappa shape index (κ3) is 3.37. The number of nitrogen functional groups attached to an aromatic ring is 1. The lowest BCUT2D eigenvalue weighted by molar-refractivity contribution is 1.17. The zero-order chi connectivity index (χ0) is 16.2. The summed E-state index contributed by atoms with van der Waals surface area (Å²) in [4.78, 5) is 12.4. The van der Waals surface area contributed by atoms with E-state index in [4.69, 9.17) is 5.73 Å². The summed E-state index contributed by atoms with van der Waals surface area (Å²) in [6, 6.07) is 9.89. The van der Waals surface area contributed by atoms with Crippen LogP contribution in [0.5, 0.6) is 0 Å². The first-order valence-corrected chi connectivity index (χ1v) is 7.25. The topological polar surface area (TPSA) is 88.8 Å². The Morgan fingerprint density at radius 2 is 1.61 bits per heavy atom. The highest BCUT2D eigenvalue weighted by Gasteiger charge is 2.10. The molecule has 116 valence electrons. The summed E-state index contributed by atoms with van der Waals surface area (Å²) in [7, 11) is 0. The zero-order valence-corrected chi connectivity index (χ0v) is 13.0. The minimum absolute atomic E-state index is 0.463. The van der Waals surface area contributed by atoms with E-state index in [1.54, 1.807) is 12.4 Å². The maximum atomic E-state index is 6.20. The van der Waals surface area contributed by atoms with Crippen LogP contribution in [0, 0.1) is 13.8 Å². The van der Waals surface area contributed by atoms with Crippen LogP contribution in [-0.4, -0.2) is 15.0 Å². The maximum Gasteiger partial charge on any atom is 0.159 e. The molecule has 0 radical (unpaired) electrons. The summed E-state index contributed by atoms with van der Waals surface area (Å²) in [5, 5.41) is 6.45. The molecule has 0 saturated heterocycles. The van der Waals surface area contributed by atoms with Crippen LogP contribution < -0.4 is 16.4 Å². The molecule has 1 aromatic carbocycles. The Labute approximate surface area is 134 Å². The number of pyridine rings is 1. The van der Waals surface area contributed by atoms with Crippen molar-refractivity contribution < 1.29 is 0 Å². The zero-order valence-electron chi connectivity index (χ0n) is 13.0. The molecule has 23 heavy (non-hydrogen) atoms. The number of aryl methyl sites for hydroxylation is 2. The van der Waals surface area contributed by atoms with Crippen LogP contribution in [0.1, 0.15) is 11.1 Å². The molecule has 6 heteroatoms. The van der Waals surface area contributed by atoms with E-state index in [-0.39, 0.29) is 0 Å². The average Bonchev–Trinajstić information content (AvgIpc) is 2.55. The molecule has 0 bridgehead atoms. The van der Waals surface area contributed by atoms with Gasteiger partial charge in [-0.15, -0.1) is 0 Å². The van der Waals surface area contributed by atoms with E-state index >= 15 is 0 Å². The van der Waals surface area contributed by atoms with E-state index in [2.05, 4.69) is 43.8 Å². The Morgan fingerprint density at radius 3 is 2.35 bits per heavy atom. The first-order chi connectivity index (χ1) is 11.1. The van der Waals surface area contributed by atoms with Crippen molar-refractivity contribution in [2.45, 2.75) is 13.8 Å². The van der Waals surface area contributed by atoms with Gasteiger partial charge in [0.05, 0.1) is 0 Å². The summed E-state index contributed by atoms with van der Waals surface area (Å²) in [6.45, 7) is 4.08. The molecule has 2 heterocycles. The number of nitrogens with zero attached hydrogens (tertiary/aromatic N) is 3. The van der Waals surface area contributed by atoms with Crippen LogP contribution in [0.15, 0.2) is 49.1 Å². The lowest BCUT2D eigenvalue weighted by Gasteiger charge is -2.14. The lowest BCUT2D eigenvalue weighted by Crippen LogP contribution is -2.05. The van der Waals surface area contributed by atoms with Crippen LogP contribution in [0.25, 0.3) is 0 Å². The van der Waals surface area contributed by atoms with Crippen molar-refractivity contribution in [2.75, 3.05) is 16.4 Å². The number of anilines is 5. The molecule has 2 aromatic heterocycles. The summed E-state index contributed by atoms with van der Waals surface area (Å²) < 4.78 is 0. The highest BCUT2D eigenvalue weighted by Crippen LogP contribution is 2.29. The van der Waals surface area contributed by atoms with Gasteiger partial charge in [-0.3, -0.25) is 4.98 Å². The number of nitrogens with two attached hydrogens (primary N) is 1. The van der Waals surface area contributed by atoms with Gasteiger partial charge in [0.25, 0.3) is 0 Å². The second-order valence-electron chi connectivity index (χ2n) is 5.29. The van der Waals surface area contributed by atoms with Gasteiger partial charge in [0, 0.05) is 23.8 Å². The minimum Gasteiger partial charge on any atom is -0.393 e. The Hall–Kier alpha value is -3.15. The normalized spacial score (nSPS) is 10.3. The molecule has 0 aliphatic rings. The second kappa shape index (κ2) is 6.31. The molecule has 0 aliphatic heterocycles. The third-order valence-corrected chi connectivity index (χ3v) is 3.47. The molecule has 0 spiro atoms. The molecular weight excluding hydrogens is 288 g/mol. The van der Waals surface area contributed by atoms with Crippen LogP contribution in [0.3, 0.4) is 0 Å². The molecule has 0 atom stereocenters. The molecule has 0 amide bonds. The molecular formula is C17H18N6. The summed E-state index contributed by atoms with van der Waals surface area (Å²) in [5.41, 5.74) is 10.8. The van der Waals surface area contributed by atoms with Crippen molar-refractivity contribution in [3.8, 4) is 0 Å². The van der Waals surface area contributed by atoms with Gasteiger partial charge in [-0.2, -0.15) is 0 Å². The number of nitrogens with one attached hydrogen (secondary N) is 2. The van der Waals surface area contributed by atoms with Crippen molar-refractivity contribution in [2.24, 2.45) is 0 Å². The summed E-state index contributed by atoms with van der Waals surface area (Å²) in [6.07, 6.45) is 4.89. The van der Waals surface area contributed by atoms with Gasteiger partial charge >= 0.3 is 0 Å². The number of hydrogen-bond acceptors (Lipinski definition) is 6. The monoisotopic (exact) mass is 306 g/mol. The van der Waals surface area contributed by atoms with E-state index in [0.29, 0.717) is 17.3 Å². The first-order valence-electron chi connectivity index (χ1n) is 7.25. The van der Waals surface area contributed by atoms with E-state index < -0.39 is 0 Å². The van der Waals surface area contributed by atoms with E-state index in [9.17, 15) is 0 Å². The van der Waals surface area contributed by atoms with Crippen LogP contribution in [0.2, 0.25) is 0 Å². The number of hydrogen-bond donors (Lipinski definition) is 3. The third-order valence-electron chi connectivity index (χ3n) is 3.47. The Balaban J connectivity index is 1.89. The second-order valence-corrected chi connectivity index (χ2v) is 5.29. The fraction of sp³-hybridized carbons (Fsp3) is 0.118. The Bertz CT molecular complexity index is 817. The molecule has 4 N–H and O–H groups in total. The van der Waals surface area contributed by atoms with Gasteiger partial charge in [-0.05, 0) is 43.2 Å². The molecule has 6 nitrogen and oxygen atoms in total.